The quantitative estimate of drug-likeness (QED) is 0.165. The topological polar surface area (TPSA) is 140 Å². The SMILES string of the molecule is COC(=O)C(CCC=Nc1nc(N=CCCC(C(=O)OC)C2CC(C)(C)NC(C)(C)C2)nc(-c2ccccc2)n1)C1CC(C)(C)NC(C)(C)C1. The zero-order chi connectivity index (χ0) is 36.7. The molecule has 2 unspecified atom stereocenters. The molecule has 11 nitrogen and oxygen atoms in total. The number of benzene rings is 1. The van der Waals surface area contributed by atoms with Crippen LogP contribution in [0, 0.1) is 23.7 Å². The summed E-state index contributed by atoms with van der Waals surface area (Å²) in [5.74, 6) is 0.519. The fourth-order valence-electron chi connectivity index (χ4n) is 8.75. The third-order valence-electron chi connectivity index (χ3n) is 9.86. The summed E-state index contributed by atoms with van der Waals surface area (Å²) >= 11 is 0. The summed E-state index contributed by atoms with van der Waals surface area (Å²) in [6.45, 7) is 17.5. The van der Waals surface area contributed by atoms with Crippen molar-refractivity contribution in [2.45, 2.75) is 129 Å². The van der Waals surface area contributed by atoms with E-state index >= 15 is 0 Å². The highest BCUT2D eigenvalue weighted by Crippen LogP contribution is 2.40. The summed E-state index contributed by atoms with van der Waals surface area (Å²) in [4.78, 5) is 48.9. The first-order chi connectivity index (χ1) is 23.4. The molecule has 0 spiro atoms. The van der Waals surface area contributed by atoms with Crippen LogP contribution in [0.2, 0.25) is 0 Å². The van der Waals surface area contributed by atoms with Gasteiger partial charge in [0.1, 0.15) is 0 Å². The first kappa shape index (κ1) is 39.2. The van der Waals surface area contributed by atoms with E-state index in [1.807, 2.05) is 30.3 Å². The van der Waals surface area contributed by atoms with Gasteiger partial charge in [-0.15, -0.1) is 0 Å². The normalized spacial score (nSPS) is 21.6. The van der Waals surface area contributed by atoms with E-state index in [0.29, 0.717) is 31.5 Å². The van der Waals surface area contributed by atoms with Crippen LogP contribution in [-0.2, 0) is 19.1 Å². The van der Waals surface area contributed by atoms with Crippen LogP contribution >= 0.6 is 0 Å². The Morgan fingerprint density at radius 2 is 1.08 bits per heavy atom. The van der Waals surface area contributed by atoms with E-state index in [9.17, 15) is 9.59 Å². The molecule has 0 amide bonds. The van der Waals surface area contributed by atoms with Gasteiger partial charge in [-0.1, -0.05) is 30.3 Å². The van der Waals surface area contributed by atoms with Crippen molar-refractivity contribution in [1.82, 2.24) is 25.6 Å². The van der Waals surface area contributed by atoms with Crippen molar-refractivity contribution >= 4 is 36.3 Å². The van der Waals surface area contributed by atoms with Crippen molar-refractivity contribution in [1.29, 1.82) is 0 Å². The van der Waals surface area contributed by atoms with Gasteiger partial charge in [-0.3, -0.25) is 9.59 Å². The second-order valence-corrected chi connectivity index (χ2v) is 16.8. The van der Waals surface area contributed by atoms with Crippen LogP contribution < -0.4 is 10.6 Å². The van der Waals surface area contributed by atoms with Gasteiger partial charge >= 0.3 is 11.9 Å². The van der Waals surface area contributed by atoms with Crippen LogP contribution in [-0.4, -0.2) is 75.7 Å². The lowest BCUT2D eigenvalue weighted by atomic mass is 9.70. The Balaban J connectivity index is 1.49. The number of nitrogens with one attached hydrogen (secondary N) is 2. The zero-order valence-corrected chi connectivity index (χ0v) is 31.9. The van der Waals surface area contributed by atoms with E-state index in [-0.39, 0.29) is 69.7 Å². The highest BCUT2D eigenvalue weighted by molar-refractivity contribution is 5.74. The number of hydrogen-bond donors (Lipinski definition) is 2. The van der Waals surface area contributed by atoms with E-state index < -0.39 is 0 Å². The molecule has 3 heterocycles. The van der Waals surface area contributed by atoms with Gasteiger partial charge in [-0.2, -0.15) is 15.0 Å². The average Bonchev–Trinajstić information content (AvgIpc) is 3.01. The molecule has 2 fully saturated rings. The molecule has 2 saturated heterocycles. The number of carbonyl (C=O) groups is 2. The Kier molecular flexibility index (Phi) is 12.7. The molecule has 0 radical (unpaired) electrons. The van der Waals surface area contributed by atoms with Gasteiger partial charge in [-0.05, 0) is 119 Å². The molecule has 2 N–H and O–H groups in total. The first-order valence-corrected chi connectivity index (χ1v) is 18.0. The number of ether oxygens (including phenoxy) is 2. The van der Waals surface area contributed by atoms with Crippen molar-refractivity contribution in [3.05, 3.63) is 30.3 Å². The molecule has 1 aromatic carbocycles. The second-order valence-electron chi connectivity index (χ2n) is 16.8. The molecule has 1 aromatic heterocycles. The van der Waals surface area contributed by atoms with Gasteiger partial charge in [0.2, 0.25) is 0 Å². The standard InChI is InChI=1S/C39H59N7O4/c1-36(2)22-27(23-37(3,4)45-36)29(32(47)49-9)18-14-20-40-34-42-31(26-16-12-11-13-17-26)43-35(44-34)41-21-15-19-30(33(48)50-10)28-24-38(5,6)46-39(7,8)25-28/h11-13,16-17,20-21,27-30,45-46H,14-15,18-19,22-25H2,1-10H3. The van der Waals surface area contributed by atoms with Crippen LogP contribution in [0.3, 0.4) is 0 Å². The van der Waals surface area contributed by atoms with E-state index in [1.165, 1.54) is 14.2 Å². The molecule has 2 atom stereocenters. The molecule has 0 saturated carbocycles. The number of aromatic nitrogens is 3. The highest BCUT2D eigenvalue weighted by atomic mass is 16.5. The summed E-state index contributed by atoms with van der Waals surface area (Å²) in [6.07, 6.45) is 9.44. The summed E-state index contributed by atoms with van der Waals surface area (Å²) in [6, 6.07) is 9.66. The van der Waals surface area contributed by atoms with Gasteiger partial charge in [0.05, 0.1) is 26.1 Å². The van der Waals surface area contributed by atoms with E-state index in [1.54, 1.807) is 12.4 Å². The Bertz CT molecular complexity index is 1400. The van der Waals surface area contributed by atoms with Crippen LogP contribution in [0.15, 0.2) is 40.3 Å². The molecule has 274 valence electrons. The number of aliphatic imine (C=N–C) groups is 2. The monoisotopic (exact) mass is 689 g/mol. The Morgan fingerprint density at radius 1 is 0.700 bits per heavy atom. The second kappa shape index (κ2) is 16.2. The summed E-state index contributed by atoms with van der Waals surface area (Å²) in [5.41, 5.74) is 0.507. The third kappa shape index (κ3) is 11.2. The summed E-state index contributed by atoms with van der Waals surface area (Å²) in [7, 11) is 2.92. The number of rotatable bonds is 13. The summed E-state index contributed by atoms with van der Waals surface area (Å²) < 4.78 is 10.5. The predicted octanol–water partition coefficient (Wildman–Crippen LogP) is 7.20. The third-order valence-corrected chi connectivity index (χ3v) is 9.86. The number of hydrogen-bond acceptors (Lipinski definition) is 11. The van der Waals surface area contributed by atoms with E-state index in [4.69, 9.17) is 9.47 Å². The number of carbonyl (C=O) groups excluding carboxylic acids is 2. The maximum absolute atomic E-state index is 12.9. The fraction of sp³-hybridized carbons (Fsp3) is 0.667. The molecule has 50 heavy (non-hydrogen) atoms. The van der Waals surface area contributed by atoms with Crippen LogP contribution in [0.25, 0.3) is 11.4 Å². The average molecular weight is 690 g/mol. The maximum atomic E-state index is 12.9. The predicted molar refractivity (Wildman–Crippen MR) is 199 cm³/mol. The van der Waals surface area contributed by atoms with Crippen LogP contribution in [0.1, 0.15) is 107 Å². The number of piperidine rings is 2. The van der Waals surface area contributed by atoms with Crippen molar-refractivity contribution in [2.24, 2.45) is 33.7 Å². The molecule has 4 rings (SSSR count). The number of nitrogens with zero attached hydrogens (tertiary/aromatic N) is 5. The molecular formula is C39H59N7O4. The molecule has 2 aliphatic heterocycles. The minimum Gasteiger partial charge on any atom is -0.469 e. The Morgan fingerprint density at radius 3 is 1.44 bits per heavy atom. The molecule has 2 aliphatic rings. The molecule has 0 aliphatic carbocycles. The van der Waals surface area contributed by atoms with E-state index in [0.717, 1.165) is 31.2 Å². The molecule has 11 heteroatoms. The zero-order valence-electron chi connectivity index (χ0n) is 31.9. The lowest BCUT2D eigenvalue weighted by molar-refractivity contribution is -0.150. The minimum atomic E-state index is -0.235. The van der Waals surface area contributed by atoms with E-state index in [2.05, 4.69) is 91.0 Å². The first-order valence-electron chi connectivity index (χ1n) is 18.0. The lowest BCUT2D eigenvalue weighted by Crippen LogP contribution is -2.59. The lowest BCUT2D eigenvalue weighted by Gasteiger charge is -2.48. The van der Waals surface area contributed by atoms with Gasteiger partial charge in [-0.25, -0.2) is 9.98 Å². The number of esters is 2. The van der Waals surface area contributed by atoms with Crippen molar-refractivity contribution in [3.8, 4) is 11.4 Å². The largest absolute Gasteiger partial charge is 0.469 e. The van der Waals surface area contributed by atoms with Gasteiger partial charge in [0.15, 0.2) is 5.82 Å². The van der Waals surface area contributed by atoms with Crippen molar-refractivity contribution in [2.75, 3.05) is 14.2 Å². The van der Waals surface area contributed by atoms with Gasteiger partial charge < -0.3 is 20.1 Å². The van der Waals surface area contributed by atoms with Crippen molar-refractivity contribution < 1.29 is 19.1 Å². The molecular weight excluding hydrogens is 630 g/mol. The molecule has 0 bridgehead atoms. The summed E-state index contributed by atoms with van der Waals surface area (Å²) in [5, 5.41) is 7.41. The Hall–Kier alpha value is -3.57. The maximum Gasteiger partial charge on any atom is 0.308 e. The fourth-order valence-corrected chi connectivity index (χ4v) is 8.75. The minimum absolute atomic E-state index is 0.0795. The van der Waals surface area contributed by atoms with Crippen LogP contribution in [0.5, 0.6) is 0 Å². The van der Waals surface area contributed by atoms with Gasteiger partial charge in [0, 0.05) is 40.1 Å². The van der Waals surface area contributed by atoms with Crippen LogP contribution in [0.4, 0.5) is 11.9 Å². The highest BCUT2D eigenvalue weighted by Gasteiger charge is 2.44. The molecule has 2 aromatic rings. The number of methoxy groups -OCH3 is 2. The van der Waals surface area contributed by atoms with Gasteiger partial charge in [0.25, 0.3) is 11.9 Å². The Labute approximate surface area is 299 Å². The van der Waals surface area contributed by atoms with Crippen molar-refractivity contribution in [3.63, 3.8) is 0 Å². The smallest absolute Gasteiger partial charge is 0.308 e.